The van der Waals surface area contributed by atoms with Crippen LogP contribution in [-0.2, 0) is 4.79 Å². The molecule has 0 aromatic heterocycles. The molecule has 0 spiro atoms. The van der Waals surface area contributed by atoms with Crippen molar-refractivity contribution in [3.05, 3.63) is 12.2 Å². The van der Waals surface area contributed by atoms with Crippen LogP contribution in [-0.4, -0.2) is 25.0 Å². The smallest absolute Gasteiger partial charge is 0.236 e. The lowest BCUT2D eigenvalue weighted by atomic mass is 9.94. The van der Waals surface area contributed by atoms with Crippen molar-refractivity contribution in [2.45, 2.75) is 46.1 Å². The maximum atomic E-state index is 11.7. The first-order valence-corrected chi connectivity index (χ1v) is 6.75. The fourth-order valence-corrected chi connectivity index (χ4v) is 1.94. The van der Waals surface area contributed by atoms with Gasteiger partial charge in [-0.1, -0.05) is 26.0 Å². The Bertz CT molecular complexity index is 261. The summed E-state index contributed by atoms with van der Waals surface area (Å²) in [5.74, 6) is 1.32. The fraction of sp³-hybridized carbons (Fsp3) is 0.786. The van der Waals surface area contributed by atoms with E-state index in [9.17, 15) is 4.79 Å². The predicted octanol–water partition coefficient (Wildman–Crippen LogP) is 2.09. The van der Waals surface area contributed by atoms with Gasteiger partial charge < -0.3 is 10.6 Å². The Morgan fingerprint density at radius 3 is 2.71 bits per heavy atom. The summed E-state index contributed by atoms with van der Waals surface area (Å²) in [5, 5.41) is 6.28. The summed E-state index contributed by atoms with van der Waals surface area (Å²) in [5.41, 5.74) is 0. The Hall–Kier alpha value is -0.830. The van der Waals surface area contributed by atoms with Crippen LogP contribution in [0.1, 0.15) is 40.0 Å². The minimum atomic E-state index is -0.0837. The molecule has 0 heterocycles. The van der Waals surface area contributed by atoms with E-state index in [1.807, 2.05) is 6.92 Å². The molecule has 3 nitrogen and oxygen atoms in total. The summed E-state index contributed by atoms with van der Waals surface area (Å²) in [6.07, 6.45) is 8.06. The van der Waals surface area contributed by atoms with Gasteiger partial charge in [0, 0.05) is 6.54 Å². The third-order valence-corrected chi connectivity index (χ3v) is 3.17. The Balaban J connectivity index is 2.17. The van der Waals surface area contributed by atoms with Gasteiger partial charge in [0.05, 0.1) is 6.04 Å². The van der Waals surface area contributed by atoms with Crippen molar-refractivity contribution in [1.82, 2.24) is 10.6 Å². The Morgan fingerprint density at radius 2 is 2.12 bits per heavy atom. The van der Waals surface area contributed by atoms with E-state index in [1.54, 1.807) is 0 Å². The van der Waals surface area contributed by atoms with E-state index in [0.717, 1.165) is 19.5 Å². The molecule has 0 saturated heterocycles. The van der Waals surface area contributed by atoms with Gasteiger partial charge >= 0.3 is 0 Å². The van der Waals surface area contributed by atoms with E-state index in [-0.39, 0.29) is 11.9 Å². The largest absolute Gasteiger partial charge is 0.354 e. The highest BCUT2D eigenvalue weighted by Gasteiger charge is 2.15. The van der Waals surface area contributed by atoms with Crippen LogP contribution in [0.5, 0.6) is 0 Å². The van der Waals surface area contributed by atoms with Gasteiger partial charge in [-0.2, -0.15) is 0 Å². The van der Waals surface area contributed by atoms with Crippen molar-refractivity contribution in [2.24, 2.45) is 11.8 Å². The lowest BCUT2D eigenvalue weighted by molar-refractivity contribution is -0.122. The molecular weight excluding hydrogens is 212 g/mol. The highest BCUT2D eigenvalue weighted by molar-refractivity contribution is 5.81. The van der Waals surface area contributed by atoms with Crippen LogP contribution >= 0.6 is 0 Å². The average Bonchev–Trinajstić information content (AvgIpc) is 2.34. The Labute approximate surface area is 105 Å². The minimum Gasteiger partial charge on any atom is -0.354 e. The van der Waals surface area contributed by atoms with Gasteiger partial charge in [0.2, 0.25) is 5.91 Å². The Kier molecular flexibility index (Phi) is 6.27. The molecule has 1 aliphatic carbocycles. The highest BCUT2D eigenvalue weighted by Crippen LogP contribution is 2.16. The summed E-state index contributed by atoms with van der Waals surface area (Å²) in [6.45, 7) is 7.85. The lowest BCUT2D eigenvalue weighted by Crippen LogP contribution is -2.44. The van der Waals surface area contributed by atoms with Crippen molar-refractivity contribution in [3.8, 4) is 0 Å². The Morgan fingerprint density at radius 1 is 1.35 bits per heavy atom. The first kappa shape index (κ1) is 14.2. The number of amides is 1. The molecule has 98 valence electrons. The molecule has 17 heavy (non-hydrogen) atoms. The van der Waals surface area contributed by atoms with E-state index in [0.29, 0.717) is 11.8 Å². The van der Waals surface area contributed by atoms with E-state index >= 15 is 0 Å². The van der Waals surface area contributed by atoms with Crippen LogP contribution in [0.2, 0.25) is 0 Å². The molecule has 0 aromatic carbocycles. The summed E-state index contributed by atoms with van der Waals surface area (Å²) in [4.78, 5) is 11.7. The predicted molar refractivity (Wildman–Crippen MR) is 71.8 cm³/mol. The standard InChI is InChI=1S/C14H26N2O/c1-11(2)9-16-14(17)12(3)15-10-13-7-5-4-6-8-13/h4-5,11-13,15H,6-10H2,1-3H3,(H,16,17). The van der Waals surface area contributed by atoms with Crippen LogP contribution in [0.25, 0.3) is 0 Å². The van der Waals surface area contributed by atoms with E-state index in [1.165, 1.54) is 12.8 Å². The normalized spacial score (nSPS) is 21.5. The van der Waals surface area contributed by atoms with Crippen molar-refractivity contribution in [1.29, 1.82) is 0 Å². The first-order valence-electron chi connectivity index (χ1n) is 6.75. The van der Waals surface area contributed by atoms with E-state index < -0.39 is 0 Å². The van der Waals surface area contributed by atoms with E-state index in [2.05, 4.69) is 36.6 Å². The summed E-state index contributed by atoms with van der Waals surface area (Å²) in [7, 11) is 0. The third-order valence-electron chi connectivity index (χ3n) is 3.17. The molecule has 0 fully saturated rings. The zero-order valence-corrected chi connectivity index (χ0v) is 11.3. The number of hydrogen-bond donors (Lipinski definition) is 2. The maximum absolute atomic E-state index is 11.7. The molecule has 1 amide bonds. The molecule has 1 aliphatic rings. The van der Waals surface area contributed by atoms with Crippen molar-refractivity contribution >= 4 is 5.91 Å². The third kappa shape index (κ3) is 5.87. The summed E-state index contributed by atoms with van der Waals surface area (Å²) < 4.78 is 0. The molecule has 2 unspecified atom stereocenters. The first-order chi connectivity index (χ1) is 8.09. The molecule has 1 rings (SSSR count). The number of allylic oxidation sites excluding steroid dienone is 2. The number of carbonyl (C=O) groups is 1. The SMILES string of the molecule is CC(C)CNC(=O)C(C)NCC1CC=CCC1. The van der Waals surface area contributed by atoms with Gasteiger partial charge in [-0.05, 0) is 44.6 Å². The van der Waals surface area contributed by atoms with Crippen LogP contribution in [0.3, 0.4) is 0 Å². The zero-order valence-electron chi connectivity index (χ0n) is 11.3. The molecule has 2 N–H and O–H groups in total. The second-order valence-electron chi connectivity index (χ2n) is 5.42. The number of carbonyl (C=O) groups excluding carboxylic acids is 1. The summed E-state index contributed by atoms with van der Waals surface area (Å²) >= 11 is 0. The second-order valence-corrected chi connectivity index (χ2v) is 5.42. The van der Waals surface area contributed by atoms with Crippen LogP contribution in [0.15, 0.2) is 12.2 Å². The van der Waals surface area contributed by atoms with Crippen molar-refractivity contribution in [2.75, 3.05) is 13.1 Å². The van der Waals surface area contributed by atoms with Crippen LogP contribution in [0.4, 0.5) is 0 Å². The van der Waals surface area contributed by atoms with Gasteiger partial charge in [-0.25, -0.2) is 0 Å². The topological polar surface area (TPSA) is 41.1 Å². The van der Waals surface area contributed by atoms with Crippen molar-refractivity contribution < 1.29 is 4.79 Å². The van der Waals surface area contributed by atoms with Crippen molar-refractivity contribution in [3.63, 3.8) is 0 Å². The number of hydrogen-bond acceptors (Lipinski definition) is 2. The van der Waals surface area contributed by atoms with Gasteiger partial charge in [0.15, 0.2) is 0 Å². The number of rotatable bonds is 6. The van der Waals surface area contributed by atoms with Crippen LogP contribution < -0.4 is 10.6 Å². The fourth-order valence-electron chi connectivity index (χ4n) is 1.94. The summed E-state index contributed by atoms with van der Waals surface area (Å²) in [6, 6.07) is -0.0837. The van der Waals surface area contributed by atoms with E-state index in [4.69, 9.17) is 0 Å². The molecule has 2 atom stereocenters. The van der Waals surface area contributed by atoms with Crippen LogP contribution in [0, 0.1) is 11.8 Å². The van der Waals surface area contributed by atoms with Gasteiger partial charge in [-0.15, -0.1) is 0 Å². The maximum Gasteiger partial charge on any atom is 0.236 e. The highest BCUT2D eigenvalue weighted by atomic mass is 16.2. The molecule has 0 aliphatic heterocycles. The molecule has 0 saturated carbocycles. The number of nitrogens with one attached hydrogen (secondary N) is 2. The second kappa shape index (κ2) is 7.49. The van der Waals surface area contributed by atoms with Gasteiger partial charge in [-0.3, -0.25) is 4.79 Å². The lowest BCUT2D eigenvalue weighted by Gasteiger charge is -2.21. The molecule has 3 heteroatoms. The quantitative estimate of drug-likeness (QED) is 0.696. The zero-order chi connectivity index (χ0) is 12.7. The monoisotopic (exact) mass is 238 g/mol. The minimum absolute atomic E-state index is 0.0837. The molecular formula is C14H26N2O. The molecule has 0 radical (unpaired) electrons. The molecule has 0 aromatic rings. The molecule has 0 bridgehead atoms. The van der Waals surface area contributed by atoms with Gasteiger partial charge in [0.25, 0.3) is 0 Å². The average molecular weight is 238 g/mol. The van der Waals surface area contributed by atoms with Gasteiger partial charge in [0.1, 0.15) is 0 Å².